The predicted molar refractivity (Wildman–Crippen MR) is 547 cm³/mol. The van der Waals surface area contributed by atoms with E-state index in [4.69, 9.17) is 19.9 Å². The average Bonchev–Trinajstić information content (AvgIpc) is 1.54. The Morgan fingerprint density at radius 3 is 0.869 bits per heavy atom. The van der Waals surface area contributed by atoms with Crippen LogP contribution in [0.15, 0.2) is 473 Å². The van der Waals surface area contributed by atoms with E-state index in [0.29, 0.717) is 11.6 Å². The van der Waals surface area contributed by atoms with Crippen LogP contribution in [0.4, 0.5) is 0 Å². The molecule has 130 heavy (non-hydrogen) atoms. The van der Waals surface area contributed by atoms with E-state index in [0.717, 1.165) is 105 Å². The van der Waals surface area contributed by atoms with Crippen LogP contribution < -0.4 is 0 Å². The summed E-state index contributed by atoms with van der Waals surface area (Å²) >= 11 is 0. The lowest BCUT2D eigenvalue weighted by molar-refractivity contribution is 1.19. The monoisotopic (exact) mass is 1650 g/mol. The summed E-state index contributed by atoms with van der Waals surface area (Å²) in [5.41, 5.74) is 29.0. The van der Waals surface area contributed by atoms with Crippen LogP contribution in [-0.4, -0.2) is 29.1 Å². The molecule has 0 aliphatic rings. The standard InChI is InChI=1S/2C62H39N3/c1-3-15-40(16-4-1)43-20-13-22-45(37-43)46-29-32-50-47(38-46)31-35-58-60(50)59-49-24-8-7-19-42(49)30-34-57(59)65(58)56-36-33-53(51-25-9-10-26-52(51)56)62-63-55-28-12-11-27-54(55)61(64-62)48-23-14-21-44(39-48)41-17-5-2-6-18-41;1-3-14-40(15-4-1)42-26-28-43(29-27-42)46-19-13-20-48(38-46)61-53-24-11-12-25-55(53)63-62(64-61)52-34-37-56(51-23-10-9-22-50(51)52)65-57-35-32-44-18-7-8-21-49(44)59(57)60-54-39-47(41-16-5-2-6-17-41)31-30-45(54)33-36-58(60)65/h2*1-39H. The molecule has 0 fully saturated rings. The topological polar surface area (TPSA) is 61.4 Å². The van der Waals surface area contributed by atoms with Gasteiger partial charge in [-0.25, -0.2) is 19.9 Å². The molecule has 4 heterocycles. The van der Waals surface area contributed by atoms with Crippen molar-refractivity contribution in [3.05, 3.63) is 473 Å². The Bertz CT molecular complexity index is 9030. The zero-order valence-electron chi connectivity index (χ0n) is 70.7. The highest BCUT2D eigenvalue weighted by Crippen LogP contribution is 2.48. The molecule has 22 aromatic carbocycles. The second-order valence-corrected chi connectivity index (χ2v) is 33.8. The first-order chi connectivity index (χ1) is 64.5. The molecule has 0 spiro atoms. The van der Waals surface area contributed by atoms with E-state index < -0.39 is 0 Å². The van der Waals surface area contributed by atoms with Gasteiger partial charge in [0.15, 0.2) is 11.6 Å². The Morgan fingerprint density at radius 2 is 0.423 bits per heavy atom. The first-order valence-corrected chi connectivity index (χ1v) is 44.5. The van der Waals surface area contributed by atoms with Gasteiger partial charge < -0.3 is 9.13 Å². The lowest BCUT2D eigenvalue weighted by atomic mass is 9.95. The molecule has 4 aromatic heterocycles. The SMILES string of the molecule is c1ccc(-c2ccc(-c3cccc(-c4nc(-c5ccc(-n6c7ccc8ccccc8c7c7c8cc(-c9ccccc9)ccc8ccc76)c6ccccc56)nc5ccccc45)c3)cc2)cc1.c1ccc(-c2cccc(-c3ccc4c(ccc5c4c4c6ccccc6ccc4n5-c4ccc(-c5nc(-c6cccc(-c7ccccc7)c6)c6ccccc6n5)c5ccccc45)c3)c2)cc1. The van der Waals surface area contributed by atoms with Crippen molar-refractivity contribution in [3.8, 4) is 123 Å². The van der Waals surface area contributed by atoms with Gasteiger partial charge in [-0.1, -0.05) is 382 Å². The Balaban J connectivity index is 0.000000140. The molecule has 26 aromatic rings. The molecular weight excluding hydrogens is 1570 g/mol. The normalized spacial score (nSPS) is 11.7. The molecule has 0 aliphatic heterocycles. The van der Waals surface area contributed by atoms with Crippen molar-refractivity contribution < 1.29 is 0 Å². The number of nitrogens with zero attached hydrogens (tertiary/aromatic N) is 6. The van der Waals surface area contributed by atoms with Gasteiger partial charge in [-0.2, -0.15) is 0 Å². The predicted octanol–water partition coefficient (Wildman–Crippen LogP) is 33.0. The molecule has 0 saturated heterocycles. The summed E-state index contributed by atoms with van der Waals surface area (Å²) < 4.78 is 4.95. The summed E-state index contributed by atoms with van der Waals surface area (Å²) in [4.78, 5) is 21.4. The van der Waals surface area contributed by atoms with E-state index in [1.165, 1.54) is 137 Å². The first kappa shape index (κ1) is 75.2. The molecule has 0 saturated carbocycles. The van der Waals surface area contributed by atoms with Gasteiger partial charge in [0, 0.05) is 65.3 Å². The highest BCUT2D eigenvalue weighted by molar-refractivity contribution is 6.31. The third-order valence-corrected chi connectivity index (χ3v) is 26.4. The maximum atomic E-state index is 5.46. The lowest BCUT2D eigenvalue weighted by Gasteiger charge is -2.16. The van der Waals surface area contributed by atoms with Crippen LogP contribution in [0, 0.1) is 0 Å². The van der Waals surface area contributed by atoms with E-state index in [1.54, 1.807) is 0 Å². The molecule has 0 radical (unpaired) electrons. The summed E-state index contributed by atoms with van der Waals surface area (Å²) in [5.74, 6) is 1.41. The molecule has 0 atom stereocenters. The highest BCUT2D eigenvalue weighted by Gasteiger charge is 2.26. The third-order valence-electron chi connectivity index (χ3n) is 26.4. The molecule has 0 bridgehead atoms. The van der Waals surface area contributed by atoms with Gasteiger partial charge in [0.05, 0.1) is 55.9 Å². The minimum atomic E-state index is 0.701. The summed E-state index contributed by atoms with van der Waals surface area (Å²) in [7, 11) is 0. The van der Waals surface area contributed by atoms with Gasteiger partial charge >= 0.3 is 0 Å². The second-order valence-electron chi connectivity index (χ2n) is 33.8. The number of benzene rings is 22. The van der Waals surface area contributed by atoms with Gasteiger partial charge in [-0.05, 0) is 212 Å². The molecular formula is C124H78N6. The van der Waals surface area contributed by atoms with Crippen LogP contribution in [0.1, 0.15) is 0 Å². The van der Waals surface area contributed by atoms with Gasteiger partial charge in [-0.3, -0.25) is 0 Å². The van der Waals surface area contributed by atoms with Crippen LogP contribution in [0.3, 0.4) is 0 Å². The van der Waals surface area contributed by atoms with Gasteiger partial charge in [-0.15, -0.1) is 0 Å². The molecule has 0 aliphatic carbocycles. The van der Waals surface area contributed by atoms with Crippen molar-refractivity contribution in [2.75, 3.05) is 0 Å². The Hall–Kier alpha value is -17.3. The van der Waals surface area contributed by atoms with E-state index in [2.05, 4.69) is 482 Å². The van der Waals surface area contributed by atoms with Crippen LogP contribution in [0.5, 0.6) is 0 Å². The van der Waals surface area contributed by atoms with Crippen LogP contribution in [0.25, 0.3) is 253 Å². The van der Waals surface area contributed by atoms with Crippen LogP contribution >= 0.6 is 0 Å². The average molecular weight is 1650 g/mol. The largest absolute Gasteiger partial charge is 0.309 e. The van der Waals surface area contributed by atoms with E-state index >= 15 is 0 Å². The lowest BCUT2D eigenvalue weighted by Crippen LogP contribution is -1.99. The minimum Gasteiger partial charge on any atom is -0.309 e. The molecule has 0 amide bonds. The number of rotatable bonds is 12. The maximum Gasteiger partial charge on any atom is 0.161 e. The Kier molecular flexibility index (Phi) is 18.2. The molecule has 6 nitrogen and oxygen atoms in total. The van der Waals surface area contributed by atoms with Crippen molar-refractivity contribution >= 4 is 130 Å². The number of para-hydroxylation sites is 2. The van der Waals surface area contributed by atoms with Crippen LogP contribution in [0.2, 0.25) is 0 Å². The van der Waals surface area contributed by atoms with Crippen LogP contribution in [-0.2, 0) is 0 Å². The summed E-state index contributed by atoms with van der Waals surface area (Å²) in [5, 5.41) is 21.4. The summed E-state index contributed by atoms with van der Waals surface area (Å²) in [6, 6.07) is 170. The van der Waals surface area contributed by atoms with E-state index in [9.17, 15) is 0 Å². The molecule has 26 rings (SSSR count). The maximum absolute atomic E-state index is 5.46. The van der Waals surface area contributed by atoms with Gasteiger partial charge in [0.25, 0.3) is 0 Å². The number of aromatic nitrogens is 6. The van der Waals surface area contributed by atoms with Crippen molar-refractivity contribution in [1.29, 1.82) is 0 Å². The number of hydrogen-bond acceptors (Lipinski definition) is 4. The summed E-state index contributed by atoms with van der Waals surface area (Å²) in [6.45, 7) is 0. The zero-order chi connectivity index (χ0) is 85.7. The van der Waals surface area contributed by atoms with Crippen molar-refractivity contribution in [1.82, 2.24) is 29.1 Å². The zero-order valence-corrected chi connectivity index (χ0v) is 70.7. The third kappa shape index (κ3) is 12.9. The van der Waals surface area contributed by atoms with E-state index in [-0.39, 0.29) is 0 Å². The Morgan fingerprint density at radius 1 is 0.146 bits per heavy atom. The number of hydrogen-bond donors (Lipinski definition) is 0. The fraction of sp³-hybridized carbons (Fsp3) is 0. The second kappa shape index (κ2) is 31.4. The first-order valence-electron chi connectivity index (χ1n) is 44.5. The highest BCUT2D eigenvalue weighted by atomic mass is 15.0. The minimum absolute atomic E-state index is 0.701. The molecule has 604 valence electrons. The molecule has 0 unspecified atom stereocenters. The number of fused-ring (bicyclic) bond motifs is 18. The fourth-order valence-corrected chi connectivity index (χ4v) is 20.2. The van der Waals surface area contributed by atoms with Crippen molar-refractivity contribution in [2.24, 2.45) is 0 Å². The fourth-order valence-electron chi connectivity index (χ4n) is 20.2. The molecule has 0 N–H and O–H groups in total. The smallest absolute Gasteiger partial charge is 0.161 e. The van der Waals surface area contributed by atoms with E-state index in [1.807, 2.05) is 0 Å². The molecule has 6 heteroatoms. The van der Waals surface area contributed by atoms with Crippen molar-refractivity contribution in [3.63, 3.8) is 0 Å². The van der Waals surface area contributed by atoms with Crippen molar-refractivity contribution in [2.45, 2.75) is 0 Å². The quantitative estimate of drug-likeness (QED) is 0.122. The van der Waals surface area contributed by atoms with Gasteiger partial charge in [0.2, 0.25) is 0 Å². The van der Waals surface area contributed by atoms with Gasteiger partial charge in [0.1, 0.15) is 0 Å². The summed E-state index contributed by atoms with van der Waals surface area (Å²) in [6.07, 6.45) is 0. The Labute approximate surface area is 750 Å².